The first kappa shape index (κ1) is 15.0. The Labute approximate surface area is 134 Å². The van der Waals surface area contributed by atoms with Gasteiger partial charge in [-0.05, 0) is 13.0 Å². The topological polar surface area (TPSA) is 87.9 Å². The molecule has 0 radical (unpaired) electrons. The molecule has 0 saturated heterocycles. The predicted octanol–water partition coefficient (Wildman–Crippen LogP) is 2.79. The molecular formula is C17H19N5O. The van der Waals surface area contributed by atoms with E-state index in [-0.39, 0.29) is 5.91 Å². The Balaban J connectivity index is 2.03. The van der Waals surface area contributed by atoms with E-state index < -0.39 is 0 Å². The zero-order chi connectivity index (χ0) is 16.4. The number of nitrogen functional groups attached to an aromatic ring is 1. The van der Waals surface area contributed by atoms with Gasteiger partial charge < -0.3 is 15.6 Å². The Morgan fingerprint density at radius 1 is 1.35 bits per heavy atom. The molecule has 1 aromatic carbocycles. The zero-order valence-electron chi connectivity index (χ0n) is 13.2. The van der Waals surface area contributed by atoms with Crippen LogP contribution in [0.15, 0.2) is 36.7 Å². The number of para-hydroxylation sites is 1. The lowest BCUT2D eigenvalue weighted by Crippen LogP contribution is -2.30. The van der Waals surface area contributed by atoms with E-state index in [1.165, 1.54) is 0 Å². The van der Waals surface area contributed by atoms with Gasteiger partial charge in [-0.2, -0.15) is 0 Å². The lowest BCUT2D eigenvalue weighted by atomic mass is 10.2. The summed E-state index contributed by atoms with van der Waals surface area (Å²) < 4.78 is 0. The first-order valence-electron chi connectivity index (χ1n) is 7.54. The highest BCUT2D eigenvalue weighted by atomic mass is 16.2. The monoisotopic (exact) mass is 309 g/mol. The number of nitrogens with one attached hydrogen (secondary N) is 1. The van der Waals surface area contributed by atoms with E-state index in [4.69, 9.17) is 5.73 Å². The van der Waals surface area contributed by atoms with Crippen LogP contribution in [-0.4, -0.2) is 20.9 Å². The highest BCUT2D eigenvalue weighted by Crippen LogP contribution is 2.29. The molecule has 0 bridgehead atoms. The molecule has 3 N–H and O–H groups in total. The Kier molecular flexibility index (Phi) is 3.97. The van der Waals surface area contributed by atoms with Crippen molar-refractivity contribution in [3.8, 4) is 0 Å². The summed E-state index contributed by atoms with van der Waals surface area (Å²) in [5, 5.41) is 1.00. The number of aryl methyl sites for hydroxylation is 1. The number of nitrogens with zero attached hydrogens (tertiary/aromatic N) is 3. The van der Waals surface area contributed by atoms with E-state index >= 15 is 0 Å². The van der Waals surface area contributed by atoms with Crippen molar-refractivity contribution in [2.45, 2.75) is 26.8 Å². The van der Waals surface area contributed by atoms with Crippen LogP contribution in [0.5, 0.6) is 0 Å². The number of amides is 1. The van der Waals surface area contributed by atoms with Gasteiger partial charge >= 0.3 is 0 Å². The minimum absolute atomic E-state index is 0.0229. The maximum atomic E-state index is 12.5. The van der Waals surface area contributed by atoms with Crippen LogP contribution >= 0.6 is 0 Å². The lowest BCUT2D eigenvalue weighted by molar-refractivity contribution is -0.118. The van der Waals surface area contributed by atoms with Gasteiger partial charge in [-0.25, -0.2) is 9.97 Å². The smallest absolute Gasteiger partial charge is 0.227 e. The highest BCUT2D eigenvalue weighted by Gasteiger charge is 2.19. The molecule has 0 atom stereocenters. The number of carbonyl (C=O) groups is 1. The van der Waals surface area contributed by atoms with Gasteiger partial charge in [0.05, 0.1) is 12.2 Å². The summed E-state index contributed by atoms with van der Waals surface area (Å²) in [6, 6.07) is 7.89. The molecule has 3 rings (SSSR count). The number of aromatic amines is 1. The molecule has 0 aliphatic carbocycles. The molecule has 6 nitrogen and oxygen atoms in total. The van der Waals surface area contributed by atoms with Crippen molar-refractivity contribution >= 4 is 28.3 Å². The fourth-order valence-electron chi connectivity index (χ4n) is 2.58. The molecule has 2 heterocycles. The van der Waals surface area contributed by atoms with Crippen molar-refractivity contribution in [3.05, 3.63) is 48.0 Å². The van der Waals surface area contributed by atoms with Crippen molar-refractivity contribution in [2.75, 3.05) is 10.6 Å². The molecule has 0 aliphatic rings. The molecule has 0 unspecified atom stereocenters. The third kappa shape index (κ3) is 2.88. The van der Waals surface area contributed by atoms with Gasteiger partial charge in [-0.1, -0.05) is 25.1 Å². The molecule has 1 amide bonds. The van der Waals surface area contributed by atoms with Gasteiger partial charge in [-0.15, -0.1) is 0 Å². The number of benzene rings is 1. The second kappa shape index (κ2) is 6.08. The second-order valence-electron chi connectivity index (χ2n) is 5.38. The van der Waals surface area contributed by atoms with E-state index in [1.807, 2.05) is 37.4 Å². The number of hydrogen-bond acceptors (Lipinski definition) is 4. The average molecular weight is 309 g/mol. The summed E-state index contributed by atoms with van der Waals surface area (Å²) in [5.74, 6) is 1.05. The van der Waals surface area contributed by atoms with E-state index in [0.29, 0.717) is 24.6 Å². The quantitative estimate of drug-likeness (QED) is 0.775. The molecule has 2 aromatic heterocycles. The van der Waals surface area contributed by atoms with Gasteiger partial charge in [0.15, 0.2) is 0 Å². The SMILES string of the molecule is CCC(=O)N(Cc1cnc(C)nc1N)c1c[nH]c2ccccc12. The number of H-pyrrole nitrogens is 1. The predicted molar refractivity (Wildman–Crippen MR) is 91.0 cm³/mol. The number of anilines is 2. The van der Waals surface area contributed by atoms with Crippen LogP contribution in [-0.2, 0) is 11.3 Å². The summed E-state index contributed by atoms with van der Waals surface area (Å²) in [7, 11) is 0. The third-order valence-corrected chi connectivity index (χ3v) is 3.81. The highest BCUT2D eigenvalue weighted by molar-refractivity contribution is 6.03. The van der Waals surface area contributed by atoms with Gasteiger partial charge in [0.1, 0.15) is 11.6 Å². The van der Waals surface area contributed by atoms with Crippen molar-refractivity contribution in [2.24, 2.45) is 0 Å². The first-order chi connectivity index (χ1) is 11.1. The number of fused-ring (bicyclic) bond motifs is 1. The maximum absolute atomic E-state index is 12.5. The maximum Gasteiger partial charge on any atom is 0.227 e. The summed E-state index contributed by atoms with van der Waals surface area (Å²) >= 11 is 0. The van der Waals surface area contributed by atoms with Crippen LogP contribution in [0.4, 0.5) is 11.5 Å². The van der Waals surface area contributed by atoms with E-state index in [9.17, 15) is 4.79 Å². The van der Waals surface area contributed by atoms with Gasteiger partial charge in [0.25, 0.3) is 0 Å². The molecule has 6 heteroatoms. The Bertz CT molecular complexity index is 855. The van der Waals surface area contributed by atoms with E-state index in [1.54, 1.807) is 18.0 Å². The van der Waals surface area contributed by atoms with Crippen LogP contribution in [0, 0.1) is 6.92 Å². The van der Waals surface area contributed by atoms with E-state index in [2.05, 4.69) is 15.0 Å². The summed E-state index contributed by atoms with van der Waals surface area (Å²) in [6.45, 7) is 3.98. The normalized spacial score (nSPS) is 10.9. The minimum Gasteiger partial charge on any atom is -0.383 e. The largest absolute Gasteiger partial charge is 0.383 e. The van der Waals surface area contributed by atoms with Gasteiger partial charge in [-0.3, -0.25) is 4.79 Å². The molecule has 0 aliphatic heterocycles. The average Bonchev–Trinajstić information content (AvgIpc) is 2.97. The second-order valence-corrected chi connectivity index (χ2v) is 5.38. The molecule has 0 saturated carbocycles. The molecule has 23 heavy (non-hydrogen) atoms. The number of hydrogen-bond donors (Lipinski definition) is 2. The minimum atomic E-state index is 0.0229. The first-order valence-corrected chi connectivity index (χ1v) is 7.54. The van der Waals surface area contributed by atoms with Crippen LogP contribution < -0.4 is 10.6 Å². The third-order valence-electron chi connectivity index (χ3n) is 3.81. The zero-order valence-corrected chi connectivity index (χ0v) is 13.2. The van der Waals surface area contributed by atoms with E-state index in [0.717, 1.165) is 22.2 Å². The molecule has 3 aromatic rings. The van der Waals surface area contributed by atoms with Crippen molar-refractivity contribution < 1.29 is 4.79 Å². The van der Waals surface area contributed by atoms with Crippen LogP contribution in [0.25, 0.3) is 10.9 Å². The number of carbonyl (C=O) groups excluding carboxylic acids is 1. The molecule has 0 spiro atoms. The Hall–Kier alpha value is -2.89. The fourth-order valence-corrected chi connectivity index (χ4v) is 2.58. The lowest BCUT2D eigenvalue weighted by Gasteiger charge is -2.22. The Morgan fingerprint density at radius 2 is 2.13 bits per heavy atom. The van der Waals surface area contributed by atoms with Gasteiger partial charge in [0.2, 0.25) is 5.91 Å². The molecule has 118 valence electrons. The number of aromatic nitrogens is 3. The van der Waals surface area contributed by atoms with Crippen molar-refractivity contribution in [1.29, 1.82) is 0 Å². The van der Waals surface area contributed by atoms with Crippen LogP contribution in [0.3, 0.4) is 0 Å². The van der Waals surface area contributed by atoms with Gasteiger partial charge in [0, 0.05) is 35.3 Å². The number of rotatable bonds is 4. The fraction of sp³-hybridized carbons (Fsp3) is 0.235. The standard InChI is InChI=1S/C17H19N5O/c1-3-16(23)22(10-12-8-19-11(2)21-17(12)18)15-9-20-14-7-5-4-6-13(14)15/h4-9,20H,3,10H2,1-2H3,(H2,18,19,21). The Morgan fingerprint density at radius 3 is 2.87 bits per heavy atom. The molecular weight excluding hydrogens is 290 g/mol. The van der Waals surface area contributed by atoms with Crippen molar-refractivity contribution in [3.63, 3.8) is 0 Å². The molecule has 0 fully saturated rings. The summed E-state index contributed by atoms with van der Waals surface area (Å²) in [4.78, 5) is 25.8. The van der Waals surface area contributed by atoms with Crippen LogP contribution in [0.2, 0.25) is 0 Å². The number of nitrogens with two attached hydrogens (primary N) is 1. The van der Waals surface area contributed by atoms with Crippen molar-refractivity contribution in [1.82, 2.24) is 15.0 Å². The summed E-state index contributed by atoms with van der Waals surface area (Å²) in [6.07, 6.45) is 3.94. The summed E-state index contributed by atoms with van der Waals surface area (Å²) in [5.41, 5.74) is 8.55. The van der Waals surface area contributed by atoms with Crippen LogP contribution in [0.1, 0.15) is 24.7 Å².